The maximum Gasteiger partial charge on any atom is 0.308 e. The van der Waals surface area contributed by atoms with Gasteiger partial charge in [0.25, 0.3) is 0 Å². The molecule has 7 nitrogen and oxygen atoms in total. The van der Waals surface area contributed by atoms with Gasteiger partial charge in [0.1, 0.15) is 0 Å². The highest BCUT2D eigenvalue weighted by Crippen LogP contribution is 2.35. The molecule has 7 heteroatoms. The molecule has 3 atom stereocenters. The van der Waals surface area contributed by atoms with Crippen LogP contribution in [0.15, 0.2) is 42.6 Å². The van der Waals surface area contributed by atoms with E-state index in [2.05, 4.69) is 4.98 Å². The number of ether oxygens (including phenoxy) is 1. The van der Waals surface area contributed by atoms with E-state index in [0.29, 0.717) is 18.4 Å². The van der Waals surface area contributed by atoms with Gasteiger partial charge >= 0.3 is 5.97 Å². The number of amides is 2. The van der Waals surface area contributed by atoms with Crippen molar-refractivity contribution in [2.75, 3.05) is 6.54 Å². The molecule has 0 bridgehead atoms. The van der Waals surface area contributed by atoms with Crippen molar-refractivity contribution in [3.8, 4) is 0 Å². The molecule has 150 valence electrons. The highest BCUT2D eigenvalue weighted by molar-refractivity contribution is 6.10. The molecule has 0 unspecified atom stereocenters. The number of H-pyrrole nitrogens is 1. The van der Waals surface area contributed by atoms with Gasteiger partial charge in [0, 0.05) is 29.2 Å². The molecule has 1 aromatic heterocycles. The number of carbonyl (C=O) groups excluding carboxylic acids is 4. The van der Waals surface area contributed by atoms with Crippen LogP contribution in [0.2, 0.25) is 0 Å². The number of hydrogen-bond acceptors (Lipinski definition) is 5. The van der Waals surface area contributed by atoms with Gasteiger partial charge in [-0.15, -0.1) is 0 Å². The van der Waals surface area contributed by atoms with Crippen LogP contribution in [0, 0.1) is 11.8 Å². The summed E-state index contributed by atoms with van der Waals surface area (Å²) < 4.78 is 5.27. The number of likely N-dealkylation sites (tertiary alicyclic amines) is 1. The molecule has 1 N–H and O–H groups in total. The Labute approximate surface area is 167 Å². The van der Waals surface area contributed by atoms with Gasteiger partial charge in [-0.3, -0.25) is 24.1 Å². The Hall–Kier alpha value is -3.22. The van der Waals surface area contributed by atoms with Crippen molar-refractivity contribution >= 4 is 34.5 Å². The van der Waals surface area contributed by atoms with Crippen molar-refractivity contribution in [1.82, 2.24) is 9.88 Å². The van der Waals surface area contributed by atoms with Crippen molar-refractivity contribution in [3.63, 3.8) is 0 Å². The predicted molar refractivity (Wildman–Crippen MR) is 105 cm³/mol. The summed E-state index contributed by atoms with van der Waals surface area (Å²) in [6.07, 6.45) is 5.48. The van der Waals surface area contributed by atoms with Crippen LogP contribution in [0.25, 0.3) is 10.9 Å². The maximum absolute atomic E-state index is 12.7. The lowest BCUT2D eigenvalue weighted by Crippen LogP contribution is -2.34. The number of aromatic amines is 1. The summed E-state index contributed by atoms with van der Waals surface area (Å²) in [7, 11) is 0. The van der Waals surface area contributed by atoms with Gasteiger partial charge < -0.3 is 9.72 Å². The third kappa shape index (κ3) is 3.48. The molecule has 2 amide bonds. The van der Waals surface area contributed by atoms with Crippen LogP contribution >= 0.6 is 0 Å². The lowest BCUT2D eigenvalue weighted by atomic mass is 9.85. The van der Waals surface area contributed by atoms with Crippen LogP contribution in [0.4, 0.5) is 0 Å². The summed E-state index contributed by atoms with van der Waals surface area (Å²) in [5.41, 5.74) is 1.29. The third-order valence-electron chi connectivity index (χ3n) is 5.67. The number of rotatable bonds is 6. The molecule has 4 rings (SSSR count). The van der Waals surface area contributed by atoms with Gasteiger partial charge in [-0.2, -0.15) is 0 Å². The topological polar surface area (TPSA) is 96.5 Å². The van der Waals surface area contributed by atoms with Crippen LogP contribution in [-0.2, 0) is 19.1 Å². The fourth-order valence-electron chi connectivity index (χ4n) is 4.10. The minimum Gasteiger partial charge on any atom is -0.454 e. The quantitative estimate of drug-likeness (QED) is 0.352. The van der Waals surface area contributed by atoms with Gasteiger partial charge in [-0.05, 0) is 25.8 Å². The normalized spacial score (nSPS) is 22.0. The number of aromatic nitrogens is 1. The van der Waals surface area contributed by atoms with E-state index in [9.17, 15) is 19.2 Å². The molecule has 1 fully saturated rings. The van der Waals surface area contributed by atoms with Crippen molar-refractivity contribution in [2.45, 2.75) is 32.3 Å². The molecule has 2 aliphatic rings. The Balaban J connectivity index is 1.34. The standard InChI is InChI=1S/C22H22N2O5/c1-13(20(26)17-12-23-18-9-5-4-6-14(17)18)29-19(25)10-11-24-21(27)15-7-2-3-8-16(15)22(24)28/h2-6,9,12-13,15-16,23H,7-8,10-11H2,1H3/t13-,15+,16+/m1/s1. The lowest BCUT2D eigenvalue weighted by Gasteiger charge is -2.16. The average molecular weight is 394 g/mol. The van der Waals surface area contributed by atoms with E-state index in [1.54, 1.807) is 6.20 Å². The SMILES string of the molecule is C[C@@H](OC(=O)CCN1C(=O)[C@H]2CC=CC[C@@H]2C1=O)C(=O)c1c[nH]c2ccccc12. The first kappa shape index (κ1) is 19.1. The second kappa shape index (κ2) is 7.66. The summed E-state index contributed by atoms with van der Waals surface area (Å²) in [5, 5.41) is 0.768. The summed E-state index contributed by atoms with van der Waals surface area (Å²) in [4.78, 5) is 54.0. The van der Waals surface area contributed by atoms with Gasteiger partial charge in [0.05, 0.1) is 18.3 Å². The molecule has 0 spiro atoms. The number of para-hydroxylation sites is 1. The number of allylic oxidation sites excluding steroid dienone is 2. The van der Waals surface area contributed by atoms with Gasteiger partial charge in [-0.25, -0.2) is 0 Å². The summed E-state index contributed by atoms with van der Waals surface area (Å²) >= 11 is 0. The van der Waals surface area contributed by atoms with E-state index in [0.717, 1.165) is 15.8 Å². The number of Topliss-reactive ketones (excluding diaryl/α,β-unsaturated/α-hetero) is 1. The number of benzene rings is 1. The summed E-state index contributed by atoms with van der Waals surface area (Å²) in [6.45, 7) is 1.51. The lowest BCUT2D eigenvalue weighted by molar-refractivity contribution is -0.147. The monoisotopic (exact) mass is 394 g/mol. The first-order valence-electron chi connectivity index (χ1n) is 9.77. The Kier molecular flexibility index (Phi) is 5.05. The van der Waals surface area contributed by atoms with Crippen LogP contribution in [0.1, 0.15) is 36.5 Å². The Bertz CT molecular complexity index is 995. The number of esters is 1. The molecule has 1 aliphatic carbocycles. The Morgan fingerprint density at radius 3 is 2.48 bits per heavy atom. The van der Waals surface area contributed by atoms with Crippen molar-refractivity contribution in [1.29, 1.82) is 0 Å². The fraction of sp³-hybridized carbons (Fsp3) is 0.364. The van der Waals surface area contributed by atoms with Gasteiger partial charge in [0.15, 0.2) is 6.10 Å². The number of nitrogens with one attached hydrogen (secondary N) is 1. The van der Waals surface area contributed by atoms with Crippen molar-refractivity contribution < 1.29 is 23.9 Å². The number of ketones is 1. The second-order valence-corrected chi connectivity index (χ2v) is 7.48. The first-order chi connectivity index (χ1) is 14.0. The minimum absolute atomic E-state index is 0.0164. The molecule has 1 saturated heterocycles. The minimum atomic E-state index is -0.960. The van der Waals surface area contributed by atoms with E-state index in [-0.39, 0.29) is 42.4 Å². The molecule has 1 aliphatic heterocycles. The number of fused-ring (bicyclic) bond motifs is 2. The van der Waals surface area contributed by atoms with E-state index in [1.165, 1.54) is 6.92 Å². The average Bonchev–Trinajstić information content (AvgIpc) is 3.26. The summed E-state index contributed by atoms with van der Waals surface area (Å²) in [6, 6.07) is 7.39. The highest BCUT2D eigenvalue weighted by Gasteiger charge is 2.47. The fourth-order valence-corrected chi connectivity index (χ4v) is 4.10. The summed E-state index contributed by atoms with van der Waals surface area (Å²) in [5.74, 6) is -1.99. The predicted octanol–water partition coefficient (Wildman–Crippen LogP) is 2.62. The van der Waals surface area contributed by atoms with Crippen LogP contribution in [0.3, 0.4) is 0 Å². The van der Waals surface area contributed by atoms with Crippen LogP contribution in [-0.4, -0.2) is 46.1 Å². The van der Waals surface area contributed by atoms with Crippen LogP contribution < -0.4 is 0 Å². The largest absolute Gasteiger partial charge is 0.454 e. The molecule has 1 aromatic carbocycles. The number of imide groups is 1. The Morgan fingerprint density at radius 2 is 1.79 bits per heavy atom. The first-order valence-corrected chi connectivity index (χ1v) is 9.77. The molecule has 29 heavy (non-hydrogen) atoms. The number of nitrogens with zero attached hydrogens (tertiary/aromatic N) is 1. The molecular formula is C22H22N2O5. The molecule has 2 heterocycles. The van der Waals surface area contributed by atoms with E-state index in [1.807, 2.05) is 36.4 Å². The third-order valence-corrected chi connectivity index (χ3v) is 5.67. The number of hydrogen-bond donors (Lipinski definition) is 1. The Morgan fingerprint density at radius 1 is 1.14 bits per heavy atom. The van der Waals surface area contributed by atoms with E-state index >= 15 is 0 Å². The van der Waals surface area contributed by atoms with Crippen molar-refractivity contribution in [3.05, 3.63) is 48.2 Å². The zero-order valence-corrected chi connectivity index (χ0v) is 16.1. The van der Waals surface area contributed by atoms with Crippen molar-refractivity contribution in [2.24, 2.45) is 11.8 Å². The molecule has 2 aromatic rings. The van der Waals surface area contributed by atoms with Crippen LogP contribution in [0.5, 0.6) is 0 Å². The molecule has 0 radical (unpaired) electrons. The molecule has 0 saturated carbocycles. The highest BCUT2D eigenvalue weighted by atomic mass is 16.5. The van der Waals surface area contributed by atoms with E-state index < -0.39 is 12.1 Å². The zero-order valence-electron chi connectivity index (χ0n) is 16.1. The maximum atomic E-state index is 12.7. The number of carbonyl (C=O) groups is 4. The molecular weight excluding hydrogens is 372 g/mol. The smallest absolute Gasteiger partial charge is 0.308 e. The van der Waals surface area contributed by atoms with Gasteiger partial charge in [-0.1, -0.05) is 30.4 Å². The zero-order chi connectivity index (χ0) is 20.5. The van der Waals surface area contributed by atoms with Gasteiger partial charge in [0.2, 0.25) is 17.6 Å². The second-order valence-electron chi connectivity index (χ2n) is 7.48. The van der Waals surface area contributed by atoms with E-state index in [4.69, 9.17) is 4.74 Å².